The molecule has 3 atom stereocenters. The first-order chi connectivity index (χ1) is 19.3. The fourth-order valence-corrected chi connectivity index (χ4v) is 7.43. The second-order valence-electron chi connectivity index (χ2n) is 12.2. The molecule has 3 aromatic carbocycles. The normalized spacial score (nSPS) is 26.7. The number of fused-ring (bicyclic) bond motifs is 2. The molecule has 0 aromatic heterocycles. The van der Waals surface area contributed by atoms with Crippen LogP contribution in [0.5, 0.6) is 5.75 Å². The van der Waals surface area contributed by atoms with E-state index in [-0.39, 0.29) is 28.9 Å². The average Bonchev–Trinajstić information content (AvgIpc) is 3.79. The second kappa shape index (κ2) is 10.6. The third-order valence-electron chi connectivity index (χ3n) is 9.79. The van der Waals surface area contributed by atoms with Crippen LogP contribution in [0.2, 0.25) is 0 Å². The minimum atomic E-state index is -0.377. The van der Waals surface area contributed by atoms with Crippen LogP contribution in [0.15, 0.2) is 66.7 Å². The molecule has 210 valence electrons. The Morgan fingerprint density at radius 3 is 2.52 bits per heavy atom. The predicted molar refractivity (Wildman–Crippen MR) is 157 cm³/mol. The van der Waals surface area contributed by atoms with Gasteiger partial charge in [-0.05, 0) is 91.6 Å². The van der Waals surface area contributed by atoms with Crippen molar-refractivity contribution in [1.82, 2.24) is 9.80 Å². The van der Waals surface area contributed by atoms with Crippen LogP contribution < -0.4 is 4.74 Å². The van der Waals surface area contributed by atoms with Crippen molar-refractivity contribution >= 4 is 22.6 Å². The molecule has 1 saturated heterocycles. The zero-order valence-electron chi connectivity index (χ0n) is 23.9. The van der Waals surface area contributed by atoms with Gasteiger partial charge in [-0.2, -0.15) is 0 Å². The van der Waals surface area contributed by atoms with E-state index in [9.17, 15) is 9.59 Å². The van der Waals surface area contributed by atoms with Gasteiger partial charge in [0, 0.05) is 51.2 Å². The monoisotopic (exact) mass is 540 g/mol. The van der Waals surface area contributed by atoms with Crippen molar-refractivity contribution in [3.05, 3.63) is 77.9 Å². The van der Waals surface area contributed by atoms with E-state index in [1.807, 2.05) is 67.6 Å². The van der Waals surface area contributed by atoms with Crippen molar-refractivity contribution in [2.24, 2.45) is 5.92 Å². The Labute approximate surface area is 237 Å². The van der Waals surface area contributed by atoms with Crippen molar-refractivity contribution in [1.29, 1.82) is 0 Å². The number of carbonyl (C=O) groups is 2. The van der Waals surface area contributed by atoms with Gasteiger partial charge in [0.1, 0.15) is 5.75 Å². The van der Waals surface area contributed by atoms with Crippen molar-refractivity contribution in [2.45, 2.75) is 62.5 Å². The van der Waals surface area contributed by atoms with E-state index in [2.05, 4.69) is 23.1 Å². The minimum absolute atomic E-state index is 0.0515. The maximum Gasteiger partial charge on any atom is 0.308 e. The number of likely N-dealkylation sites (tertiary alicyclic amines) is 1. The first kappa shape index (κ1) is 27.0. The molecule has 2 saturated carbocycles. The van der Waals surface area contributed by atoms with Crippen LogP contribution >= 0.6 is 0 Å². The number of piperidine rings is 1. The van der Waals surface area contributed by atoms with E-state index in [1.54, 1.807) is 0 Å². The van der Waals surface area contributed by atoms with Gasteiger partial charge in [-0.1, -0.05) is 42.5 Å². The SMILES string of the molecule is COC12CCC(N(C)C(=O)c3ccc4ccccc4c3)CC1(c1cccc(OC(C)=O)c1)CCN(CC1CC1)C2. The number of ether oxygens (including phenoxy) is 2. The molecule has 0 radical (unpaired) electrons. The van der Waals surface area contributed by atoms with Gasteiger partial charge in [0.2, 0.25) is 0 Å². The van der Waals surface area contributed by atoms with E-state index in [1.165, 1.54) is 19.8 Å². The Morgan fingerprint density at radius 2 is 1.77 bits per heavy atom. The molecule has 0 N–H and O–H groups in total. The molecule has 6 nitrogen and oxygen atoms in total. The molecule has 1 aliphatic heterocycles. The molecule has 3 aromatic rings. The number of carbonyl (C=O) groups excluding carboxylic acids is 2. The number of hydrogen-bond donors (Lipinski definition) is 0. The summed E-state index contributed by atoms with van der Waals surface area (Å²) in [5.74, 6) is 1.10. The molecule has 2 aliphatic carbocycles. The van der Waals surface area contributed by atoms with Gasteiger partial charge >= 0.3 is 5.97 Å². The highest BCUT2D eigenvalue weighted by Gasteiger charge is 2.59. The zero-order chi connectivity index (χ0) is 27.9. The highest BCUT2D eigenvalue weighted by Crippen LogP contribution is 2.55. The number of benzene rings is 3. The third kappa shape index (κ3) is 4.92. The number of methoxy groups -OCH3 is 1. The molecule has 0 bridgehead atoms. The number of rotatable bonds is 7. The van der Waals surface area contributed by atoms with Crippen LogP contribution in [0.4, 0.5) is 0 Å². The van der Waals surface area contributed by atoms with Gasteiger partial charge in [-0.15, -0.1) is 0 Å². The van der Waals surface area contributed by atoms with E-state index >= 15 is 0 Å². The molecule has 3 aliphatic rings. The lowest BCUT2D eigenvalue weighted by molar-refractivity contribution is -0.153. The smallest absolute Gasteiger partial charge is 0.308 e. The highest BCUT2D eigenvalue weighted by atomic mass is 16.5. The zero-order valence-corrected chi connectivity index (χ0v) is 23.9. The van der Waals surface area contributed by atoms with Crippen molar-refractivity contribution in [3.63, 3.8) is 0 Å². The summed E-state index contributed by atoms with van der Waals surface area (Å²) >= 11 is 0. The van der Waals surface area contributed by atoms with Crippen molar-refractivity contribution < 1.29 is 19.1 Å². The molecule has 3 unspecified atom stereocenters. The van der Waals surface area contributed by atoms with Gasteiger partial charge in [-0.3, -0.25) is 9.59 Å². The molecule has 1 heterocycles. The lowest BCUT2D eigenvalue weighted by Gasteiger charge is -2.60. The van der Waals surface area contributed by atoms with Gasteiger partial charge < -0.3 is 19.3 Å². The number of nitrogens with zero attached hydrogens (tertiary/aromatic N) is 2. The summed E-state index contributed by atoms with van der Waals surface area (Å²) < 4.78 is 12.1. The lowest BCUT2D eigenvalue weighted by atomic mass is 9.55. The Balaban J connectivity index is 1.33. The van der Waals surface area contributed by atoms with E-state index in [0.717, 1.165) is 73.1 Å². The Morgan fingerprint density at radius 1 is 0.975 bits per heavy atom. The summed E-state index contributed by atoms with van der Waals surface area (Å²) in [5, 5.41) is 2.21. The number of amides is 1. The highest BCUT2D eigenvalue weighted by molar-refractivity contribution is 5.98. The maximum atomic E-state index is 13.8. The fourth-order valence-electron chi connectivity index (χ4n) is 7.43. The van der Waals surface area contributed by atoms with Crippen LogP contribution in [-0.4, -0.2) is 67.1 Å². The van der Waals surface area contributed by atoms with E-state index < -0.39 is 0 Å². The standard InChI is InChI=1S/C34H40N2O4/c1-24(37)40-31-10-6-9-29(20-31)33-17-18-36(22-25-11-12-25)23-34(33,39-3)16-15-30(21-33)35(2)32(38)28-14-13-26-7-4-5-8-27(26)19-28/h4-10,13-14,19-20,25,30H,11-12,15-18,21-23H2,1-3H3. The molecule has 40 heavy (non-hydrogen) atoms. The Kier molecular flexibility index (Phi) is 7.18. The van der Waals surface area contributed by atoms with Crippen LogP contribution in [0, 0.1) is 5.92 Å². The summed E-state index contributed by atoms with van der Waals surface area (Å²) in [4.78, 5) is 30.2. The summed E-state index contributed by atoms with van der Waals surface area (Å²) in [6.45, 7) is 4.45. The van der Waals surface area contributed by atoms with Crippen LogP contribution in [0.25, 0.3) is 10.8 Å². The number of esters is 1. The lowest BCUT2D eigenvalue weighted by Crippen LogP contribution is -2.68. The molecule has 6 rings (SSSR count). The first-order valence-electron chi connectivity index (χ1n) is 14.6. The van der Waals surface area contributed by atoms with Crippen LogP contribution in [0.1, 0.15) is 61.4 Å². The van der Waals surface area contributed by atoms with Gasteiger partial charge in [0.05, 0.1) is 5.60 Å². The summed E-state index contributed by atoms with van der Waals surface area (Å²) in [6, 6.07) is 22.2. The average molecular weight is 541 g/mol. The Hall–Kier alpha value is -3.22. The summed E-state index contributed by atoms with van der Waals surface area (Å²) in [7, 11) is 3.81. The molecular weight excluding hydrogens is 500 g/mol. The molecule has 3 fully saturated rings. The van der Waals surface area contributed by atoms with Gasteiger partial charge in [0.25, 0.3) is 5.91 Å². The molecule has 6 heteroatoms. The molecular formula is C34H40N2O4. The van der Waals surface area contributed by atoms with E-state index in [4.69, 9.17) is 9.47 Å². The summed E-state index contributed by atoms with van der Waals surface area (Å²) in [6.07, 6.45) is 6.14. The second-order valence-corrected chi connectivity index (χ2v) is 12.2. The van der Waals surface area contributed by atoms with Gasteiger partial charge in [0.15, 0.2) is 0 Å². The third-order valence-corrected chi connectivity index (χ3v) is 9.79. The minimum Gasteiger partial charge on any atom is -0.427 e. The van der Waals surface area contributed by atoms with Crippen molar-refractivity contribution in [2.75, 3.05) is 33.8 Å². The Bertz CT molecular complexity index is 1420. The topological polar surface area (TPSA) is 59.1 Å². The summed E-state index contributed by atoms with van der Waals surface area (Å²) in [5.41, 5.74) is 1.17. The fraction of sp³-hybridized carbons (Fsp3) is 0.471. The van der Waals surface area contributed by atoms with E-state index in [0.29, 0.717) is 5.75 Å². The van der Waals surface area contributed by atoms with Crippen LogP contribution in [-0.2, 0) is 14.9 Å². The van der Waals surface area contributed by atoms with Gasteiger partial charge in [-0.25, -0.2) is 0 Å². The largest absolute Gasteiger partial charge is 0.427 e. The number of hydrogen-bond acceptors (Lipinski definition) is 5. The molecule has 1 amide bonds. The first-order valence-corrected chi connectivity index (χ1v) is 14.6. The maximum absolute atomic E-state index is 13.8. The predicted octanol–water partition coefficient (Wildman–Crippen LogP) is 5.83. The van der Waals surface area contributed by atoms with Crippen LogP contribution in [0.3, 0.4) is 0 Å². The van der Waals surface area contributed by atoms with Crippen molar-refractivity contribution in [3.8, 4) is 5.75 Å². The molecule has 0 spiro atoms. The quantitative estimate of drug-likeness (QED) is 0.279.